The quantitative estimate of drug-likeness (QED) is 0.568. The van der Waals surface area contributed by atoms with E-state index in [1.807, 2.05) is 31.2 Å². The number of rotatable bonds is 8. The van der Waals surface area contributed by atoms with Gasteiger partial charge in [-0.05, 0) is 48.4 Å². The third-order valence-corrected chi connectivity index (χ3v) is 6.56. The number of amides is 1. The van der Waals surface area contributed by atoms with Gasteiger partial charge in [0.1, 0.15) is 5.75 Å². The molecule has 0 saturated heterocycles. The molecule has 0 unspecified atom stereocenters. The minimum atomic E-state index is -3.54. The Bertz CT molecular complexity index is 1140. The van der Waals surface area contributed by atoms with Gasteiger partial charge in [-0.3, -0.25) is 4.79 Å². The SMILES string of the molecule is CC[C@@H](NC(=O)c1nnc(-c2ccc(S(=O)(=O)N(C)C)cc2)o1)c1ccc(OC)cc1. The van der Waals surface area contributed by atoms with Crippen molar-refractivity contribution in [3.63, 3.8) is 0 Å². The van der Waals surface area contributed by atoms with Gasteiger partial charge in [-0.1, -0.05) is 19.1 Å². The molecule has 9 nitrogen and oxygen atoms in total. The highest BCUT2D eigenvalue weighted by molar-refractivity contribution is 7.89. The molecule has 1 atom stereocenters. The van der Waals surface area contributed by atoms with Crippen molar-refractivity contribution in [2.24, 2.45) is 0 Å². The second kappa shape index (κ2) is 9.27. The number of benzene rings is 2. The van der Waals surface area contributed by atoms with E-state index in [1.165, 1.54) is 26.2 Å². The lowest BCUT2D eigenvalue weighted by Crippen LogP contribution is -2.28. The largest absolute Gasteiger partial charge is 0.497 e. The third-order valence-electron chi connectivity index (χ3n) is 4.73. The van der Waals surface area contributed by atoms with Gasteiger partial charge in [0, 0.05) is 19.7 Å². The predicted octanol–water partition coefficient (Wildman–Crippen LogP) is 2.88. The van der Waals surface area contributed by atoms with Crippen molar-refractivity contribution < 1.29 is 22.4 Å². The van der Waals surface area contributed by atoms with Crippen LogP contribution < -0.4 is 10.1 Å². The summed E-state index contributed by atoms with van der Waals surface area (Å²) in [4.78, 5) is 12.7. The molecule has 3 rings (SSSR count). The Balaban J connectivity index is 1.74. The predicted molar refractivity (Wildman–Crippen MR) is 114 cm³/mol. The normalized spacial score (nSPS) is 12.5. The van der Waals surface area contributed by atoms with E-state index in [4.69, 9.17) is 9.15 Å². The van der Waals surface area contributed by atoms with E-state index in [1.54, 1.807) is 19.2 Å². The van der Waals surface area contributed by atoms with Crippen LogP contribution in [0.3, 0.4) is 0 Å². The highest BCUT2D eigenvalue weighted by Gasteiger charge is 2.21. The van der Waals surface area contributed by atoms with Gasteiger partial charge in [0.2, 0.25) is 15.9 Å². The number of ether oxygens (including phenoxy) is 1. The molecule has 1 heterocycles. The first-order valence-electron chi connectivity index (χ1n) is 9.57. The zero-order valence-electron chi connectivity index (χ0n) is 17.7. The molecule has 1 aromatic heterocycles. The number of carbonyl (C=O) groups excluding carboxylic acids is 1. The number of nitrogens with one attached hydrogen (secondary N) is 1. The lowest BCUT2D eigenvalue weighted by Gasteiger charge is -2.16. The van der Waals surface area contributed by atoms with Gasteiger partial charge in [-0.15, -0.1) is 10.2 Å². The van der Waals surface area contributed by atoms with Gasteiger partial charge in [-0.25, -0.2) is 12.7 Å². The molecule has 2 aromatic carbocycles. The summed E-state index contributed by atoms with van der Waals surface area (Å²) >= 11 is 0. The first-order chi connectivity index (χ1) is 14.8. The lowest BCUT2D eigenvalue weighted by molar-refractivity contribution is 0.0901. The van der Waals surface area contributed by atoms with Crippen LogP contribution in [0.1, 0.15) is 35.6 Å². The second-order valence-corrected chi connectivity index (χ2v) is 9.08. The molecule has 10 heteroatoms. The molecule has 0 radical (unpaired) electrons. The molecular weight excluding hydrogens is 420 g/mol. The Labute approximate surface area is 181 Å². The van der Waals surface area contributed by atoms with Crippen molar-refractivity contribution in [2.45, 2.75) is 24.3 Å². The average molecular weight is 445 g/mol. The number of aromatic nitrogens is 2. The van der Waals surface area contributed by atoms with Crippen LogP contribution >= 0.6 is 0 Å². The average Bonchev–Trinajstić information content (AvgIpc) is 3.28. The number of methoxy groups -OCH3 is 1. The summed E-state index contributed by atoms with van der Waals surface area (Å²) in [6, 6.07) is 13.2. The summed E-state index contributed by atoms with van der Waals surface area (Å²) in [7, 11) is 0.976. The molecule has 0 aliphatic rings. The van der Waals surface area contributed by atoms with Crippen LogP contribution in [0, 0.1) is 0 Å². The molecule has 3 aromatic rings. The molecule has 0 fully saturated rings. The summed E-state index contributed by atoms with van der Waals surface area (Å²) in [6.07, 6.45) is 0.668. The van der Waals surface area contributed by atoms with E-state index in [2.05, 4.69) is 15.5 Å². The molecule has 1 N–H and O–H groups in total. The smallest absolute Gasteiger partial charge is 0.309 e. The molecule has 0 spiro atoms. The highest BCUT2D eigenvalue weighted by Crippen LogP contribution is 2.23. The fraction of sp³-hybridized carbons (Fsp3) is 0.286. The Morgan fingerprint density at radius 2 is 1.74 bits per heavy atom. The fourth-order valence-corrected chi connectivity index (χ4v) is 3.79. The van der Waals surface area contributed by atoms with Gasteiger partial charge >= 0.3 is 11.8 Å². The zero-order valence-corrected chi connectivity index (χ0v) is 18.5. The minimum absolute atomic E-state index is 0.122. The minimum Gasteiger partial charge on any atom is -0.497 e. The van der Waals surface area contributed by atoms with Gasteiger partial charge in [-0.2, -0.15) is 0 Å². The van der Waals surface area contributed by atoms with Gasteiger partial charge < -0.3 is 14.5 Å². The van der Waals surface area contributed by atoms with E-state index >= 15 is 0 Å². The van der Waals surface area contributed by atoms with Crippen LogP contribution in [0.4, 0.5) is 0 Å². The summed E-state index contributed by atoms with van der Waals surface area (Å²) < 4.78 is 36.1. The van der Waals surface area contributed by atoms with E-state index in [0.717, 1.165) is 15.6 Å². The summed E-state index contributed by atoms with van der Waals surface area (Å²) in [5.41, 5.74) is 1.43. The molecule has 1 amide bonds. The second-order valence-electron chi connectivity index (χ2n) is 6.93. The molecule has 164 valence electrons. The number of nitrogens with zero attached hydrogens (tertiary/aromatic N) is 3. The molecule has 31 heavy (non-hydrogen) atoms. The maximum atomic E-state index is 12.6. The third kappa shape index (κ3) is 4.92. The van der Waals surface area contributed by atoms with E-state index < -0.39 is 15.9 Å². The van der Waals surface area contributed by atoms with E-state index in [0.29, 0.717) is 12.0 Å². The van der Waals surface area contributed by atoms with Gasteiger partial charge in [0.05, 0.1) is 18.0 Å². The molecule has 0 saturated carbocycles. The maximum Gasteiger partial charge on any atom is 0.309 e. The lowest BCUT2D eigenvalue weighted by atomic mass is 10.0. The van der Waals surface area contributed by atoms with E-state index in [9.17, 15) is 13.2 Å². The Morgan fingerprint density at radius 3 is 2.29 bits per heavy atom. The van der Waals surface area contributed by atoms with Crippen LogP contribution in [-0.2, 0) is 10.0 Å². The summed E-state index contributed by atoms with van der Waals surface area (Å²) in [5, 5.41) is 10.6. The first kappa shape index (κ1) is 22.4. The standard InChI is InChI=1S/C21H24N4O5S/c1-5-18(14-6-10-16(29-4)11-7-14)22-19(26)21-24-23-20(30-21)15-8-12-17(13-9-15)31(27,28)25(2)3/h6-13,18H,5H2,1-4H3,(H,22,26)/t18-/m1/s1. The number of carbonyl (C=O) groups is 1. The molecular formula is C21H24N4O5S. The van der Waals surface area contributed by atoms with Crippen LogP contribution in [-0.4, -0.2) is 50.0 Å². The highest BCUT2D eigenvalue weighted by atomic mass is 32.2. The topological polar surface area (TPSA) is 115 Å². The fourth-order valence-electron chi connectivity index (χ4n) is 2.89. The monoisotopic (exact) mass is 444 g/mol. The molecule has 0 aliphatic heterocycles. The summed E-state index contributed by atoms with van der Waals surface area (Å²) in [5.74, 6) is 0.187. The Morgan fingerprint density at radius 1 is 1.10 bits per heavy atom. The Kier molecular flexibility index (Phi) is 6.71. The van der Waals surface area contributed by atoms with Crippen molar-refractivity contribution in [2.75, 3.05) is 21.2 Å². The van der Waals surface area contributed by atoms with Crippen molar-refractivity contribution in [1.29, 1.82) is 0 Å². The van der Waals surface area contributed by atoms with E-state index in [-0.39, 0.29) is 22.7 Å². The number of hydrogen-bond donors (Lipinski definition) is 1. The van der Waals surface area contributed by atoms with Crippen molar-refractivity contribution >= 4 is 15.9 Å². The first-order valence-corrected chi connectivity index (χ1v) is 11.0. The maximum absolute atomic E-state index is 12.6. The zero-order chi connectivity index (χ0) is 22.6. The molecule has 0 aliphatic carbocycles. The van der Waals surface area contributed by atoms with Gasteiger partial charge in [0.25, 0.3) is 0 Å². The number of sulfonamides is 1. The molecule has 0 bridgehead atoms. The van der Waals surface area contributed by atoms with Crippen LogP contribution in [0.25, 0.3) is 11.5 Å². The van der Waals surface area contributed by atoms with Crippen molar-refractivity contribution in [3.8, 4) is 17.2 Å². The Hall–Kier alpha value is -3.24. The van der Waals surface area contributed by atoms with Crippen LogP contribution in [0.15, 0.2) is 57.8 Å². The van der Waals surface area contributed by atoms with Crippen molar-refractivity contribution in [1.82, 2.24) is 19.8 Å². The van der Waals surface area contributed by atoms with Crippen molar-refractivity contribution in [3.05, 3.63) is 60.0 Å². The van der Waals surface area contributed by atoms with Gasteiger partial charge in [0.15, 0.2) is 0 Å². The van der Waals surface area contributed by atoms with Crippen LogP contribution in [0.2, 0.25) is 0 Å². The van der Waals surface area contributed by atoms with Crippen LogP contribution in [0.5, 0.6) is 5.75 Å². The number of hydrogen-bond acceptors (Lipinski definition) is 7. The summed E-state index contributed by atoms with van der Waals surface area (Å²) in [6.45, 7) is 1.96.